The van der Waals surface area contributed by atoms with E-state index < -0.39 is 0 Å². The molecule has 0 bridgehead atoms. The van der Waals surface area contributed by atoms with Crippen LogP contribution in [-0.2, 0) is 0 Å². The van der Waals surface area contributed by atoms with Crippen LogP contribution in [0.5, 0.6) is 0 Å². The van der Waals surface area contributed by atoms with Crippen LogP contribution < -0.4 is 0 Å². The topological polar surface area (TPSA) is 3.24 Å². The maximum Gasteiger partial charge on any atom is -0.00161 e. The van der Waals surface area contributed by atoms with Gasteiger partial charge in [-0.25, -0.2) is 0 Å². The molecule has 1 saturated heterocycles. The highest BCUT2D eigenvalue weighted by Gasteiger charge is 2.14. The largest absolute Gasteiger partial charge is 0.303 e. The molecule has 90 valence electrons. The van der Waals surface area contributed by atoms with Crippen molar-refractivity contribution in [1.82, 2.24) is 4.90 Å². The van der Waals surface area contributed by atoms with Gasteiger partial charge in [0, 0.05) is 0 Å². The van der Waals surface area contributed by atoms with E-state index in [1.54, 1.807) is 0 Å². The van der Waals surface area contributed by atoms with E-state index in [-0.39, 0.29) is 0 Å². The third-order valence-corrected chi connectivity index (χ3v) is 4.06. The lowest BCUT2D eigenvalue weighted by molar-refractivity contribution is 0.201. The SMILES string of the molecule is CCCC(C)C(C)CCN1CCCCC1. The van der Waals surface area contributed by atoms with Gasteiger partial charge in [0.1, 0.15) is 0 Å². The second-order valence-electron chi connectivity index (χ2n) is 5.43. The molecule has 15 heavy (non-hydrogen) atoms. The quantitative estimate of drug-likeness (QED) is 0.643. The lowest BCUT2D eigenvalue weighted by Crippen LogP contribution is -2.31. The summed E-state index contributed by atoms with van der Waals surface area (Å²) in [6, 6.07) is 0. The van der Waals surface area contributed by atoms with Crippen molar-refractivity contribution in [2.45, 2.75) is 59.3 Å². The molecule has 1 heteroatoms. The number of nitrogens with zero attached hydrogens (tertiary/aromatic N) is 1. The van der Waals surface area contributed by atoms with E-state index in [2.05, 4.69) is 25.7 Å². The Balaban J connectivity index is 2.11. The second kappa shape index (κ2) is 7.27. The first-order chi connectivity index (χ1) is 7.24. The summed E-state index contributed by atoms with van der Waals surface area (Å²) in [5, 5.41) is 0. The Morgan fingerprint density at radius 2 is 1.53 bits per heavy atom. The van der Waals surface area contributed by atoms with Crippen LogP contribution in [0.2, 0.25) is 0 Å². The van der Waals surface area contributed by atoms with Crippen LogP contribution in [0.3, 0.4) is 0 Å². The van der Waals surface area contributed by atoms with Gasteiger partial charge in [-0.05, 0) is 50.7 Å². The monoisotopic (exact) mass is 211 g/mol. The van der Waals surface area contributed by atoms with Gasteiger partial charge in [-0.3, -0.25) is 0 Å². The lowest BCUT2D eigenvalue weighted by atomic mass is 9.89. The van der Waals surface area contributed by atoms with Crippen molar-refractivity contribution < 1.29 is 0 Å². The number of rotatable bonds is 6. The fourth-order valence-corrected chi connectivity index (χ4v) is 2.59. The third-order valence-electron chi connectivity index (χ3n) is 4.06. The molecule has 1 aliphatic rings. The summed E-state index contributed by atoms with van der Waals surface area (Å²) >= 11 is 0. The molecule has 0 aromatic heterocycles. The predicted molar refractivity (Wildman–Crippen MR) is 68.1 cm³/mol. The van der Waals surface area contributed by atoms with Crippen molar-refractivity contribution >= 4 is 0 Å². The molecule has 0 aliphatic carbocycles. The van der Waals surface area contributed by atoms with Gasteiger partial charge in [0.25, 0.3) is 0 Å². The molecule has 0 saturated carbocycles. The smallest absolute Gasteiger partial charge is 0.00161 e. The van der Waals surface area contributed by atoms with Crippen LogP contribution in [0.1, 0.15) is 59.3 Å². The molecular formula is C14H29N. The van der Waals surface area contributed by atoms with Gasteiger partial charge in [0.05, 0.1) is 0 Å². The Hall–Kier alpha value is -0.0400. The summed E-state index contributed by atoms with van der Waals surface area (Å²) in [5.74, 6) is 1.83. The van der Waals surface area contributed by atoms with Crippen molar-refractivity contribution in [2.24, 2.45) is 11.8 Å². The van der Waals surface area contributed by atoms with Crippen molar-refractivity contribution in [2.75, 3.05) is 19.6 Å². The zero-order valence-electron chi connectivity index (χ0n) is 11.0. The highest BCUT2D eigenvalue weighted by Crippen LogP contribution is 2.21. The average Bonchev–Trinajstić information content (AvgIpc) is 2.27. The Kier molecular flexibility index (Phi) is 6.31. The molecule has 1 fully saturated rings. The predicted octanol–water partition coefficient (Wildman–Crippen LogP) is 3.93. The summed E-state index contributed by atoms with van der Waals surface area (Å²) in [5.41, 5.74) is 0. The molecule has 1 rings (SSSR count). The highest BCUT2D eigenvalue weighted by molar-refractivity contribution is 4.68. The molecular weight excluding hydrogens is 182 g/mol. The van der Waals surface area contributed by atoms with Gasteiger partial charge in [0.2, 0.25) is 0 Å². The number of hydrogen-bond donors (Lipinski definition) is 0. The maximum absolute atomic E-state index is 2.67. The van der Waals surface area contributed by atoms with Crippen molar-refractivity contribution in [3.63, 3.8) is 0 Å². The van der Waals surface area contributed by atoms with E-state index in [0.717, 1.165) is 11.8 Å². The van der Waals surface area contributed by atoms with E-state index in [1.807, 2.05) is 0 Å². The highest BCUT2D eigenvalue weighted by atomic mass is 15.1. The number of hydrogen-bond acceptors (Lipinski definition) is 1. The molecule has 0 spiro atoms. The van der Waals surface area contributed by atoms with Gasteiger partial charge in [0.15, 0.2) is 0 Å². The molecule has 2 unspecified atom stereocenters. The van der Waals surface area contributed by atoms with Gasteiger partial charge in [-0.2, -0.15) is 0 Å². The minimum atomic E-state index is 0.909. The molecule has 2 atom stereocenters. The summed E-state index contributed by atoms with van der Waals surface area (Å²) in [6.45, 7) is 11.2. The Morgan fingerprint density at radius 3 is 2.13 bits per heavy atom. The second-order valence-corrected chi connectivity index (χ2v) is 5.43. The normalized spacial score (nSPS) is 22.6. The molecule has 1 heterocycles. The van der Waals surface area contributed by atoms with E-state index in [0.29, 0.717) is 0 Å². The molecule has 1 aliphatic heterocycles. The Morgan fingerprint density at radius 1 is 0.933 bits per heavy atom. The molecule has 0 amide bonds. The molecule has 0 radical (unpaired) electrons. The first kappa shape index (κ1) is 13.0. The maximum atomic E-state index is 2.67. The van der Waals surface area contributed by atoms with Crippen molar-refractivity contribution in [3.8, 4) is 0 Å². The van der Waals surface area contributed by atoms with E-state index in [1.165, 1.54) is 58.2 Å². The fraction of sp³-hybridized carbons (Fsp3) is 1.00. The average molecular weight is 211 g/mol. The van der Waals surface area contributed by atoms with Crippen LogP contribution in [0.4, 0.5) is 0 Å². The summed E-state index contributed by atoms with van der Waals surface area (Å²) < 4.78 is 0. The van der Waals surface area contributed by atoms with E-state index >= 15 is 0 Å². The number of likely N-dealkylation sites (tertiary alicyclic amines) is 1. The van der Waals surface area contributed by atoms with E-state index in [4.69, 9.17) is 0 Å². The van der Waals surface area contributed by atoms with Crippen LogP contribution >= 0.6 is 0 Å². The summed E-state index contributed by atoms with van der Waals surface area (Å²) in [6.07, 6.45) is 8.47. The minimum absolute atomic E-state index is 0.909. The summed E-state index contributed by atoms with van der Waals surface area (Å²) in [7, 11) is 0. The first-order valence-corrected chi connectivity index (χ1v) is 6.96. The Labute approximate surface area is 96.2 Å². The van der Waals surface area contributed by atoms with Crippen LogP contribution in [0.25, 0.3) is 0 Å². The fourth-order valence-electron chi connectivity index (χ4n) is 2.59. The molecule has 0 aromatic carbocycles. The zero-order valence-corrected chi connectivity index (χ0v) is 11.0. The van der Waals surface area contributed by atoms with Gasteiger partial charge in [-0.15, -0.1) is 0 Å². The van der Waals surface area contributed by atoms with Crippen LogP contribution in [-0.4, -0.2) is 24.5 Å². The van der Waals surface area contributed by atoms with Crippen LogP contribution in [0.15, 0.2) is 0 Å². The first-order valence-electron chi connectivity index (χ1n) is 6.96. The van der Waals surface area contributed by atoms with E-state index in [9.17, 15) is 0 Å². The number of piperidine rings is 1. The Bertz CT molecular complexity index is 149. The standard InChI is InChI=1S/C14H29N/c1-4-8-13(2)14(3)9-12-15-10-6-5-7-11-15/h13-14H,4-12H2,1-3H3. The molecule has 1 nitrogen and oxygen atoms in total. The zero-order chi connectivity index (χ0) is 11.1. The van der Waals surface area contributed by atoms with Gasteiger partial charge < -0.3 is 4.90 Å². The summed E-state index contributed by atoms with van der Waals surface area (Å²) in [4.78, 5) is 2.67. The van der Waals surface area contributed by atoms with Gasteiger partial charge in [-0.1, -0.05) is 40.0 Å². The molecule has 0 N–H and O–H groups in total. The third kappa shape index (κ3) is 5.01. The van der Waals surface area contributed by atoms with Crippen molar-refractivity contribution in [1.29, 1.82) is 0 Å². The van der Waals surface area contributed by atoms with Crippen LogP contribution in [0, 0.1) is 11.8 Å². The molecule has 0 aromatic rings. The lowest BCUT2D eigenvalue weighted by Gasteiger charge is -2.28. The van der Waals surface area contributed by atoms with Crippen molar-refractivity contribution in [3.05, 3.63) is 0 Å². The minimum Gasteiger partial charge on any atom is -0.303 e. The van der Waals surface area contributed by atoms with Gasteiger partial charge >= 0.3 is 0 Å².